The lowest BCUT2D eigenvalue weighted by Crippen LogP contribution is -2.29. The second kappa shape index (κ2) is 4.99. The third kappa shape index (κ3) is 3.65. The fraction of sp³-hybridized carbons (Fsp3) is 0.273. The maximum absolute atomic E-state index is 13.2. The Hall–Kier alpha value is -1.18. The fourth-order valence-electron chi connectivity index (χ4n) is 0.953. The average Bonchev–Trinajstić information content (AvgIpc) is 2.15. The van der Waals surface area contributed by atoms with E-state index in [0.717, 1.165) is 12.1 Å². The lowest BCUT2D eigenvalue weighted by atomic mass is 10.2. The molecule has 0 atom stereocenters. The summed E-state index contributed by atoms with van der Waals surface area (Å²) in [6.07, 6.45) is 0. The predicted octanol–water partition coefficient (Wildman–Crippen LogP) is 1.31. The van der Waals surface area contributed by atoms with E-state index in [0.29, 0.717) is 0 Å². The first kappa shape index (κ1) is 13.9. The van der Waals surface area contributed by atoms with Gasteiger partial charge in [0.2, 0.25) is 0 Å². The van der Waals surface area contributed by atoms with Crippen LogP contribution in [-0.4, -0.2) is 15.4 Å². The number of hydrogen-bond donors (Lipinski definition) is 0. The van der Waals surface area contributed by atoms with Crippen molar-refractivity contribution in [3.8, 4) is 5.75 Å². The number of esters is 1. The second-order valence-electron chi connectivity index (χ2n) is 3.79. The summed E-state index contributed by atoms with van der Waals surface area (Å²) in [4.78, 5) is 21.9. The number of hydrogen-bond acceptors (Lipinski definition) is 4. The van der Waals surface area contributed by atoms with Crippen LogP contribution < -0.4 is 9.84 Å². The highest BCUT2D eigenvalue weighted by molar-refractivity contribution is 14.1. The molecule has 0 aromatic heterocycles. The SMILES string of the molecule is CC(C)(I)C(=O)Oc1ccc(C(=O)[O-])c(F)c1. The van der Waals surface area contributed by atoms with Gasteiger partial charge < -0.3 is 14.6 Å². The highest BCUT2D eigenvalue weighted by atomic mass is 127. The lowest BCUT2D eigenvalue weighted by Gasteiger charge is -2.15. The van der Waals surface area contributed by atoms with Gasteiger partial charge in [0, 0.05) is 11.6 Å². The first-order valence-corrected chi connectivity index (χ1v) is 5.72. The quantitative estimate of drug-likeness (QED) is 0.357. The summed E-state index contributed by atoms with van der Waals surface area (Å²) >= 11 is 1.88. The van der Waals surface area contributed by atoms with Gasteiger partial charge in [-0.25, -0.2) is 4.39 Å². The van der Waals surface area contributed by atoms with Crippen LogP contribution in [0.5, 0.6) is 5.75 Å². The zero-order valence-electron chi connectivity index (χ0n) is 9.12. The molecule has 0 spiro atoms. The van der Waals surface area contributed by atoms with Crippen molar-refractivity contribution in [2.45, 2.75) is 17.3 Å². The van der Waals surface area contributed by atoms with E-state index in [-0.39, 0.29) is 5.75 Å². The number of carboxylic acid groups (broad SMARTS) is 1. The third-order valence-corrected chi connectivity index (χ3v) is 2.30. The number of carboxylic acids is 1. The van der Waals surface area contributed by atoms with Crippen molar-refractivity contribution in [1.82, 2.24) is 0 Å². The largest absolute Gasteiger partial charge is 0.545 e. The van der Waals surface area contributed by atoms with Crippen molar-refractivity contribution in [1.29, 1.82) is 0 Å². The monoisotopic (exact) mass is 351 g/mol. The van der Waals surface area contributed by atoms with Crippen LogP contribution in [0.3, 0.4) is 0 Å². The summed E-state index contributed by atoms with van der Waals surface area (Å²) < 4.78 is 17.4. The summed E-state index contributed by atoms with van der Waals surface area (Å²) in [6, 6.07) is 3.04. The summed E-state index contributed by atoms with van der Waals surface area (Å²) in [5.41, 5.74) is -0.571. The fourth-order valence-corrected chi connectivity index (χ4v) is 1.06. The minimum atomic E-state index is -1.62. The van der Waals surface area contributed by atoms with Gasteiger partial charge in [0.15, 0.2) is 0 Å². The molecule has 1 aromatic carbocycles. The van der Waals surface area contributed by atoms with Crippen molar-refractivity contribution >= 4 is 34.5 Å². The van der Waals surface area contributed by atoms with Gasteiger partial charge >= 0.3 is 5.97 Å². The van der Waals surface area contributed by atoms with E-state index in [9.17, 15) is 19.1 Å². The van der Waals surface area contributed by atoms with E-state index in [1.54, 1.807) is 13.8 Å². The topological polar surface area (TPSA) is 66.4 Å². The smallest absolute Gasteiger partial charge is 0.326 e. The van der Waals surface area contributed by atoms with Gasteiger partial charge in [-0.3, -0.25) is 4.79 Å². The Morgan fingerprint density at radius 1 is 1.41 bits per heavy atom. The molecule has 0 amide bonds. The minimum absolute atomic E-state index is 0.0396. The summed E-state index contributed by atoms with van der Waals surface area (Å²) in [6.45, 7) is 3.28. The van der Waals surface area contributed by atoms with Gasteiger partial charge in [-0.15, -0.1) is 0 Å². The van der Waals surface area contributed by atoms with Gasteiger partial charge in [-0.2, -0.15) is 0 Å². The van der Waals surface area contributed by atoms with Crippen LogP contribution in [-0.2, 0) is 4.79 Å². The highest BCUT2D eigenvalue weighted by Gasteiger charge is 2.26. The van der Waals surface area contributed by atoms with E-state index in [1.807, 2.05) is 22.6 Å². The van der Waals surface area contributed by atoms with Crippen LogP contribution in [0.15, 0.2) is 18.2 Å². The molecule has 0 N–H and O–H groups in total. The lowest BCUT2D eigenvalue weighted by molar-refractivity contribution is -0.255. The maximum atomic E-state index is 13.2. The van der Waals surface area contributed by atoms with Crippen LogP contribution in [0, 0.1) is 5.82 Å². The van der Waals surface area contributed by atoms with Crippen molar-refractivity contribution in [2.75, 3.05) is 0 Å². The molecule has 92 valence electrons. The minimum Gasteiger partial charge on any atom is -0.545 e. The van der Waals surface area contributed by atoms with Gasteiger partial charge in [-0.05, 0) is 26.0 Å². The molecule has 0 heterocycles. The number of carbonyl (C=O) groups is 2. The molecule has 1 aromatic rings. The molecular weight excluding hydrogens is 342 g/mol. The van der Waals surface area contributed by atoms with Crippen LogP contribution in [0.2, 0.25) is 0 Å². The van der Waals surface area contributed by atoms with E-state index in [4.69, 9.17) is 4.74 Å². The molecule has 0 bridgehead atoms. The van der Waals surface area contributed by atoms with Crippen LogP contribution >= 0.6 is 22.6 Å². The van der Waals surface area contributed by atoms with E-state index < -0.39 is 26.7 Å². The number of halogens is 2. The summed E-state index contributed by atoms with van der Waals surface area (Å²) in [7, 11) is 0. The van der Waals surface area contributed by atoms with Gasteiger partial charge in [0.25, 0.3) is 0 Å². The molecule has 0 saturated heterocycles. The molecule has 4 nitrogen and oxygen atoms in total. The first-order chi connectivity index (χ1) is 7.71. The first-order valence-electron chi connectivity index (χ1n) is 4.64. The summed E-state index contributed by atoms with van der Waals surface area (Å²) in [5, 5.41) is 10.5. The Labute approximate surface area is 111 Å². The molecular formula is C11H9FIO4-. The molecule has 0 aliphatic carbocycles. The number of rotatable bonds is 3. The average molecular weight is 351 g/mol. The molecule has 6 heteroatoms. The molecule has 0 aliphatic rings. The summed E-state index contributed by atoms with van der Waals surface area (Å²) in [5.74, 6) is -3.20. The Morgan fingerprint density at radius 2 is 2.00 bits per heavy atom. The van der Waals surface area contributed by atoms with Crippen LogP contribution in [0.4, 0.5) is 4.39 Å². The number of ether oxygens (including phenoxy) is 1. The van der Waals surface area contributed by atoms with Crippen molar-refractivity contribution in [3.63, 3.8) is 0 Å². The predicted molar refractivity (Wildman–Crippen MR) is 64.5 cm³/mol. The zero-order valence-corrected chi connectivity index (χ0v) is 11.3. The molecule has 0 saturated carbocycles. The molecule has 0 radical (unpaired) electrons. The van der Waals surface area contributed by atoms with Crippen molar-refractivity contribution in [2.24, 2.45) is 0 Å². The molecule has 0 fully saturated rings. The van der Waals surface area contributed by atoms with E-state index in [1.165, 1.54) is 6.07 Å². The Kier molecular flexibility index (Phi) is 4.07. The van der Waals surface area contributed by atoms with Crippen LogP contribution in [0.25, 0.3) is 0 Å². The zero-order chi connectivity index (χ0) is 13.2. The van der Waals surface area contributed by atoms with Crippen molar-refractivity contribution < 1.29 is 23.8 Å². The van der Waals surface area contributed by atoms with Gasteiger partial charge in [-0.1, -0.05) is 22.6 Å². The third-order valence-electron chi connectivity index (χ3n) is 1.86. The molecule has 0 unspecified atom stereocenters. The number of aromatic carboxylic acids is 1. The number of benzene rings is 1. The second-order valence-corrected chi connectivity index (χ2v) is 6.49. The standard InChI is InChI=1S/C11H10FIO4/c1-11(2,13)10(16)17-6-3-4-7(9(14)15)8(12)5-6/h3-5H,1-2H3,(H,14,15)/p-1. The van der Waals surface area contributed by atoms with Crippen molar-refractivity contribution in [3.05, 3.63) is 29.6 Å². The van der Waals surface area contributed by atoms with Gasteiger partial charge in [0.1, 0.15) is 15.0 Å². The van der Waals surface area contributed by atoms with Crippen LogP contribution in [0.1, 0.15) is 24.2 Å². The molecule has 1 rings (SSSR count). The van der Waals surface area contributed by atoms with E-state index in [2.05, 4.69) is 0 Å². The highest BCUT2D eigenvalue weighted by Crippen LogP contribution is 2.22. The Morgan fingerprint density at radius 3 is 2.41 bits per heavy atom. The Bertz CT molecular complexity index is 465. The molecule has 0 aliphatic heterocycles. The number of alkyl halides is 1. The number of carbonyl (C=O) groups excluding carboxylic acids is 2. The maximum Gasteiger partial charge on any atom is 0.326 e. The normalized spacial score (nSPS) is 11.1. The van der Waals surface area contributed by atoms with Gasteiger partial charge in [0.05, 0.1) is 5.97 Å². The van der Waals surface area contributed by atoms with E-state index >= 15 is 0 Å². The Balaban J connectivity index is 2.92. The molecule has 17 heavy (non-hydrogen) atoms.